The molecule has 0 saturated carbocycles. The van der Waals surface area contributed by atoms with E-state index in [1.165, 1.54) is 11.8 Å². The van der Waals surface area contributed by atoms with Crippen LogP contribution in [0.25, 0.3) is 0 Å². The second-order valence-electron chi connectivity index (χ2n) is 21.5. The summed E-state index contributed by atoms with van der Waals surface area (Å²) in [6, 6.07) is 21.0. The van der Waals surface area contributed by atoms with Crippen LogP contribution >= 0.6 is 24.0 Å². The topological polar surface area (TPSA) is 327 Å². The van der Waals surface area contributed by atoms with Crippen LogP contribution in [0.15, 0.2) is 103 Å². The van der Waals surface area contributed by atoms with E-state index in [1.54, 1.807) is 61.2 Å². The lowest BCUT2D eigenvalue weighted by atomic mass is 9.88. The maximum atomic E-state index is 12.2. The van der Waals surface area contributed by atoms with Crippen LogP contribution in [0, 0.1) is 26.7 Å². The van der Waals surface area contributed by atoms with Gasteiger partial charge in [0.25, 0.3) is 0 Å². The number of H-pyrrole nitrogens is 1. The van der Waals surface area contributed by atoms with Crippen LogP contribution in [0.5, 0.6) is 0 Å². The molecule has 25 nitrogen and oxygen atoms in total. The molecule has 2 aromatic carbocycles. The van der Waals surface area contributed by atoms with E-state index in [0.717, 1.165) is 26.1 Å². The van der Waals surface area contributed by atoms with Gasteiger partial charge in [-0.05, 0) is 137 Å². The van der Waals surface area contributed by atoms with Crippen molar-refractivity contribution in [3.05, 3.63) is 124 Å². The molecule has 0 spiro atoms. The summed E-state index contributed by atoms with van der Waals surface area (Å²) in [6.07, 6.45) is 2.57. The summed E-state index contributed by atoms with van der Waals surface area (Å²) in [7, 11) is 8.29. The van der Waals surface area contributed by atoms with E-state index in [0.29, 0.717) is 52.1 Å². The Bertz CT molecular complexity index is 2590. The van der Waals surface area contributed by atoms with Gasteiger partial charge >= 0.3 is 19.5 Å². The fourth-order valence-electron chi connectivity index (χ4n) is 9.47. The third kappa shape index (κ3) is 30.5. The Morgan fingerprint density at radius 1 is 0.656 bits per heavy atom. The minimum atomic E-state index is -3.67. The summed E-state index contributed by atoms with van der Waals surface area (Å²) < 4.78 is 67.1. The number of esters is 2. The van der Waals surface area contributed by atoms with Crippen LogP contribution in [-0.4, -0.2) is 257 Å². The first-order valence-corrected chi connectivity index (χ1v) is 30.5. The fraction of sp³-hybridized carbons (Fsp3) is 0.627. The molecule has 8 rings (SSSR count). The highest BCUT2D eigenvalue weighted by atomic mass is 32.2. The first-order valence-electron chi connectivity index (χ1n) is 29.3. The van der Waals surface area contributed by atoms with Gasteiger partial charge in [-0.15, -0.1) is 0 Å². The molecule has 506 valence electrons. The number of ether oxygens (including phenoxy) is 7. The predicted molar refractivity (Wildman–Crippen MR) is 333 cm³/mol. The molecule has 1 unspecified atom stereocenters. The largest absolute Gasteiger partial charge is 0.762 e. The lowest BCUT2D eigenvalue weighted by molar-refractivity contribution is -0.551. The average molecular weight is 1320 g/mol. The number of rotatable bonds is 16. The van der Waals surface area contributed by atoms with Crippen molar-refractivity contribution in [3.63, 3.8) is 0 Å². The van der Waals surface area contributed by atoms with Crippen molar-refractivity contribution in [1.29, 1.82) is 0 Å². The number of nitrogens with zero attached hydrogens (tertiary/aromatic N) is 7. The van der Waals surface area contributed by atoms with E-state index in [9.17, 15) is 42.9 Å². The summed E-state index contributed by atoms with van der Waals surface area (Å²) in [5.41, 5.74) is 1.03. The highest BCUT2D eigenvalue weighted by Crippen LogP contribution is 2.37. The van der Waals surface area contributed by atoms with Gasteiger partial charge in [-0.2, -0.15) is 0 Å². The van der Waals surface area contributed by atoms with Crippen molar-refractivity contribution in [2.45, 2.75) is 150 Å². The van der Waals surface area contributed by atoms with Crippen LogP contribution in [0.3, 0.4) is 0 Å². The number of nitrogens with one attached hydrogen (secondary N) is 1. The normalized spacial score (nSPS) is 27.6. The molecule has 0 aliphatic carbocycles. The number of hydrogen-bond acceptors (Lipinski definition) is 25. The van der Waals surface area contributed by atoms with Crippen molar-refractivity contribution in [2.75, 3.05) is 81.9 Å². The molecule has 4 aliphatic heterocycles. The third-order valence-electron chi connectivity index (χ3n) is 14.4. The minimum absolute atomic E-state index is 0.0312. The number of aromatic nitrogens is 4. The molecule has 4 aromatic rings. The molecule has 4 aliphatic rings. The molecular weight excluding hydrogens is 1220 g/mol. The van der Waals surface area contributed by atoms with Gasteiger partial charge in [0.2, 0.25) is 6.04 Å². The van der Waals surface area contributed by atoms with Gasteiger partial charge in [0.05, 0.1) is 54.9 Å². The second kappa shape index (κ2) is 44.4. The number of carbonyl (C=O) groups excluding carboxylic acids is 2. The first kappa shape index (κ1) is 80.9. The lowest BCUT2D eigenvalue weighted by Gasteiger charge is -2.42. The van der Waals surface area contributed by atoms with Gasteiger partial charge in [0.1, 0.15) is 24.8 Å². The zero-order valence-electron chi connectivity index (χ0n) is 52.9. The molecule has 4 saturated heterocycles. The number of thioether (sulfide) groups is 1. The van der Waals surface area contributed by atoms with E-state index in [1.807, 2.05) is 69.2 Å². The Morgan fingerprint density at radius 2 is 1.09 bits per heavy atom. The number of likely N-dealkylation sites (N-methyl/N-ethyl adjacent to an activating group) is 1. The Balaban J connectivity index is 0.000000389. The maximum absolute atomic E-state index is 12.2. The Kier molecular flexibility index (Phi) is 39.9. The van der Waals surface area contributed by atoms with Crippen molar-refractivity contribution >= 4 is 43.5 Å². The summed E-state index contributed by atoms with van der Waals surface area (Å²) in [5.74, 6) is 0.151. The Morgan fingerprint density at radius 3 is 1.49 bits per heavy atom. The number of benzene rings is 2. The minimum Gasteiger partial charge on any atom is -0.459 e. The van der Waals surface area contributed by atoms with Crippen molar-refractivity contribution < 1.29 is 91.3 Å². The van der Waals surface area contributed by atoms with Gasteiger partial charge < -0.3 is 83.5 Å². The number of nitro groups is 1. The summed E-state index contributed by atoms with van der Waals surface area (Å²) in [5, 5.41) is 65.5. The highest BCUT2D eigenvalue weighted by Gasteiger charge is 2.44. The number of hydrogen-bond donors (Lipinski definition) is 7. The Labute approximate surface area is 534 Å². The molecule has 16 atom stereocenters. The molecule has 2 aromatic heterocycles. The highest BCUT2D eigenvalue weighted by molar-refractivity contribution is 7.99. The smallest absolute Gasteiger partial charge is 0.459 e. The summed E-state index contributed by atoms with van der Waals surface area (Å²) in [6.45, 7) is 12.2. The van der Waals surface area contributed by atoms with Crippen molar-refractivity contribution in [1.82, 2.24) is 34.6 Å². The van der Waals surface area contributed by atoms with E-state index in [4.69, 9.17) is 48.8 Å². The van der Waals surface area contributed by atoms with Crippen molar-refractivity contribution in [3.8, 4) is 0 Å². The van der Waals surface area contributed by atoms with Crippen LogP contribution in [0.4, 0.5) is 12.9 Å². The molecule has 0 amide bonds. The summed E-state index contributed by atoms with van der Waals surface area (Å²) in [4.78, 5) is 55.2. The molecule has 7 N–H and O–H groups in total. The van der Waals surface area contributed by atoms with E-state index in [-0.39, 0.29) is 73.4 Å². The van der Waals surface area contributed by atoms with E-state index < -0.39 is 56.0 Å². The second-order valence-corrected chi connectivity index (χ2v) is 23.0. The number of aliphatic hydroxyl groups is 6. The average Bonchev–Trinajstić information content (AvgIpc) is 1.39. The predicted octanol–water partition coefficient (Wildman–Crippen LogP) is 5.23. The van der Waals surface area contributed by atoms with Crippen LogP contribution in [-0.2, 0) is 33.2 Å². The molecule has 6 heterocycles. The molecular formula is C59H92BF3N8O17S2. The van der Waals surface area contributed by atoms with Gasteiger partial charge in [0.15, 0.2) is 28.6 Å². The number of halogens is 3. The monoisotopic (exact) mass is 1320 g/mol. The number of aromatic amines is 1. The van der Waals surface area contributed by atoms with E-state index in [2.05, 4.69) is 95.7 Å². The van der Waals surface area contributed by atoms with E-state index >= 15 is 0 Å². The lowest BCUT2D eigenvalue weighted by Crippen LogP contribution is -2.54. The zero-order valence-corrected chi connectivity index (χ0v) is 54.5. The molecule has 0 bridgehead atoms. The fourth-order valence-corrected chi connectivity index (χ4v) is 10.7. The quantitative estimate of drug-likeness (QED) is 0.0189. The third-order valence-corrected chi connectivity index (χ3v) is 15.8. The maximum Gasteiger partial charge on any atom is 0.762 e. The van der Waals surface area contributed by atoms with Crippen LogP contribution in [0.1, 0.15) is 81.0 Å². The standard InChI is InChI=1S/C20H25N3O3S.C17H25NO3.C8H17NO4.C6H11NO6.C4H4N2S.C4H10O.BF3/c1-14-17(23(2)3)12-16(13-25-18(24)15-8-5-4-6-9-15)26-19(14)27-20-21-10-7-11-22-20;1-12-13(2)21-15(10-16(12)18(3)4)11-20-17(19)14-8-6-5-7-9-14;1-9(2)6-3-5(4-10)13-8(12)7(6)11;8-2-3-1-4(7(11)12)5(9)6(10)13-3;7-4-5-2-1-3-6-4;1-3-5-4-2;2-1(3)4/h4-11,14,16-17,19H,12-13H2,1-3H3;5-9,12-13,15-16H,10-11H2,1-4H3;5-8,10-12H,3-4H2,1-2H3;3-6,8-10H,1-2H2;1-3H,(H,5,6,7);3-4H2,1-2H3;/t14-,16+,17+,19+;12-,13-,15-,16-;5-,6-,7+,8?;3-,4-,5+,6-;;;/m1000.../s1. The molecule has 0 radical (unpaired) electrons. The van der Waals surface area contributed by atoms with Gasteiger partial charge in [-0.25, -0.2) is 24.5 Å². The van der Waals surface area contributed by atoms with Crippen LogP contribution < -0.4 is 0 Å². The molecule has 4 fully saturated rings. The van der Waals surface area contributed by atoms with Gasteiger partial charge in [-0.3, -0.25) is 23.1 Å². The molecule has 31 heteroatoms. The van der Waals surface area contributed by atoms with Gasteiger partial charge in [-0.1, -0.05) is 62.0 Å². The first-order chi connectivity index (χ1) is 42.7. The Hall–Kier alpha value is -5.20. The molecule has 90 heavy (non-hydrogen) atoms. The number of aliphatic hydroxyl groups excluding tert-OH is 6. The number of carbonyl (C=O) groups is 2. The van der Waals surface area contributed by atoms with Crippen molar-refractivity contribution in [2.24, 2.45) is 11.8 Å². The summed E-state index contributed by atoms with van der Waals surface area (Å²) >= 11 is 6.16. The van der Waals surface area contributed by atoms with Crippen LogP contribution in [0.2, 0.25) is 0 Å². The van der Waals surface area contributed by atoms with Gasteiger partial charge in [0, 0.05) is 73.4 Å². The zero-order chi connectivity index (χ0) is 67.5. The SMILES string of the molecule is CCOCC.CN(C)[C@H]1C[C@@H](CO)OC(O)[C@@H]1O.C[C@H]1[C@H](C)O[C@H](COC(=O)c2ccccc2)C[C@@H]1N(C)C.C[C@H]1[C@H](Sc2ncccn2)O[C@H](COC(=O)c2ccccc2)C[C@@H]1N(C)C.FB(F)F.O=[N+]([O-])[C@H]1C[C@@H](CO)O[C@H](O)[C@@H]1O.S=c1nccc[nH]1.